The Hall–Kier alpha value is -1.19. The van der Waals surface area contributed by atoms with Gasteiger partial charge in [-0.1, -0.05) is 6.58 Å². The molecule has 15 heavy (non-hydrogen) atoms. The second-order valence-electron chi connectivity index (χ2n) is 4.20. The topological polar surface area (TPSA) is 46.4 Å². The van der Waals surface area contributed by atoms with E-state index < -0.39 is 11.6 Å². The van der Waals surface area contributed by atoms with Gasteiger partial charge in [0.15, 0.2) is 13.1 Å². The lowest BCUT2D eigenvalue weighted by atomic mass is 10.1. The molecule has 0 spiro atoms. The lowest BCUT2D eigenvalue weighted by Crippen LogP contribution is -2.31. The fourth-order valence-corrected chi connectivity index (χ4v) is 0.941. The highest BCUT2D eigenvalue weighted by atomic mass is 16.6. The van der Waals surface area contributed by atoms with E-state index in [0.29, 0.717) is 25.1 Å². The lowest BCUT2D eigenvalue weighted by molar-refractivity contribution is -0.547. The number of hydrogen-bond acceptors (Lipinski definition) is 3. The molecular weight excluding hydrogens is 194 g/mol. The van der Waals surface area contributed by atoms with Gasteiger partial charge >= 0.3 is 5.97 Å². The van der Waals surface area contributed by atoms with Gasteiger partial charge in [-0.05, 0) is 32.5 Å². The molecule has 0 aliphatic heterocycles. The molecule has 0 saturated carbocycles. The van der Waals surface area contributed by atoms with Crippen LogP contribution in [0.3, 0.4) is 0 Å². The van der Waals surface area contributed by atoms with Crippen molar-refractivity contribution < 1.29 is 14.3 Å². The minimum absolute atomic E-state index is 0.368. The molecule has 0 bridgehead atoms. The third kappa shape index (κ3) is 5.99. The number of nitrogens with zero attached hydrogens (tertiary/aromatic N) is 1. The van der Waals surface area contributed by atoms with Crippen molar-refractivity contribution >= 4 is 5.97 Å². The highest BCUT2D eigenvalue weighted by Crippen LogP contribution is 2.16. The summed E-state index contributed by atoms with van der Waals surface area (Å²) in [6.07, 6.45) is 0.517. The molecule has 86 valence electrons. The molecule has 0 aromatic heterocycles. The van der Waals surface area contributed by atoms with Crippen molar-refractivity contribution in [2.45, 2.75) is 39.7 Å². The van der Waals surface area contributed by atoms with Gasteiger partial charge in [0, 0.05) is 10.5 Å². The predicted molar refractivity (Wildman–Crippen MR) is 58.6 cm³/mol. The predicted octanol–water partition coefficient (Wildman–Crippen LogP) is 2.07. The average molecular weight is 214 g/mol. The molecule has 0 N–H and O–H groups in total. The van der Waals surface area contributed by atoms with E-state index in [1.165, 1.54) is 0 Å². The zero-order valence-electron chi connectivity index (χ0n) is 10.0. The van der Waals surface area contributed by atoms with Crippen LogP contribution < -0.4 is 0 Å². The number of rotatable bonds is 6. The van der Waals surface area contributed by atoms with Gasteiger partial charge in [0.1, 0.15) is 5.60 Å². The van der Waals surface area contributed by atoms with Crippen LogP contribution in [0.15, 0.2) is 12.2 Å². The Morgan fingerprint density at radius 1 is 1.47 bits per heavy atom. The number of carbonyl (C=O) groups excluding carboxylic acids is 1. The van der Waals surface area contributed by atoms with E-state index in [9.17, 15) is 9.70 Å². The van der Waals surface area contributed by atoms with Gasteiger partial charge in [0.05, 0.1) is 6.42 Å². The van der Waals surface area contributed by atoms with E-state index >= 15 is 0 Å². The first-order valence-electron chi connectivity index (χ1n) is 5.09. The average Bonchev–Trinajstić information content (AvgIpc) is 2.13. The lowest BCUT2D eigenvalue weighted by Gasteiger charge is -2.23. The Morgan fingerprint density at radius 2 is 2.00 bits per heavy atom. The monoisotopic (exact) mass is 214 g/mol. The Balaban J connectivity index is 4.13. The van der Waals surface area contributed by atoms with Crippen molar-refractivity contribution in [1.82, 2.24) is 0 Å². The molecule has 0 atom stereocenters. The van der Waals surface area contributed by atoms with Gasteiger partial charge < -0.3 is 4.74 Å². The maximum Gasteiger partial charge on any atom is 0.333 e. The summed E-state index contributed by atoms with van der Waals surface area (Å²) < 4.78 is 6.13. The summed E-state index contributed by atoms with van der Waals surface area (Å²) in [4.78, 5) is 22.3. The molecule has 0 aliphatic rings. The maximum absolute atomic E-state index is 11.3. The summed E-state index contributed by atoms with van der Waals surface area (Å²) in [6, 6.07) is 0. The van der Waals surface area contributed by atoms with Gasteiger partial charge in [0.2, 0.25) is 0 Å². The number of ether oxygens (including phenoxy) is 1. The largest absolute Gasteiger partial charge is 0.456 e. The van der Waals surface area contributed by atoms with Crippen molar-refractivity contribution in [1.29, 1.82) is 0 Å². The maximum atomic E-state index is 11.3. The van der Waals surface area contributed by atoms with Gasteiger partial charge in [-0.15, -0.1) is 0 Å². The van der Waals surface area contributed by atoms with Crippen LogP contribution in [0.2, 0.25) is 0 Å². The summed E-state index contributed by atoms with van der Waals surface area (Å²) in [5.41, 5.74) is -0.244. The van der Waals surface area contributed by atoms with Crippen LogP contribution in [0.25, 0.3) is 0 Å². The highest BCUT2D eigenvalue weighted by Gasteiger charge is 2.25. The molecule has 0 aromatic rings. The van der Waals surface area contributed by atoms with Crippen molar-refractivity contribution in [3.8, 4) is 0 Å². The second kappa shape index (κ2) is 5.63. The molecular formula is C11H20NO3+. The van der Waals surface area contributed by atoms with Gasteiger partial charge in [-0.2, -0.15) is 0 Å². The van der Waals surface area contributed by atoms with Crippen LogP contribution in [0.1, 0.15) is 34.1 Å². The summed E-state index contributed by atoms with van der Waals surface area (Å²) in [7, 11) is 0. The second-order valence-corrected chi connectivity index (χ2v) is 4.20. The first-order chi connectivity index (χ1) is 6.78. The highest BCUT2D eigenvalue weighted by molar-refractivity contribution is 5.87. The Morgan fingerprint density at radius 3 is 2.40 bits per heavy atom. The van der Waals surface area contributed by atoms with Gasteiger partial charge in [-0.3, -0.25) is 0 Å². The van der Waals surface area contributed by atoms with Crippen LogP contribution in [0.5, 0.6) is 0 Å². The van der Waals surface area contributed by atoms with E-state index in [4.69, 9.17) is 4.74 Å². The SMILES string of the molecule is C=C(C)C(=O)OC(C)(C)CC[N+](=O)CC. The summed E-state index contributed by atoms with van der Waals surface area (Å²) in [6.45, 7) is 11.3. The van der Waals surface area contributed by atoms with E-state index in [0.717, 1.165) is 4.76 Å². The van der Waals surface area contributed by atoms with Gasteiger partial charge in [0.25, 0.3) is 0 Å². The smallest absolute Gasteiger partial charge is 0.333 e. The molecule has 0 radical (unpaired) electrons. The van der Waals surface area contributed by atoms with E-state index in [1.807, 2.05) is 0 Å². The molecule has 0 heterocycles. The van der Waals surface area contributed by atoms with E-state index in [1.54, 1.807) is 27.7 Å². The molecule has 0 rings (SSSR count). The number of esters is 1. The van der Waals surface area contributed by atoms with Crippen molar-refractivity contribution in [2.75, 3.05) is 13.1 Å². The number of nitroso groups, excluding NO2 is 1. The van der Waals surface area contributed by atoms with Crippen LogP contribution in [-0.4, -0.2) is 29.4 Å². The minimum Gasteiger partial charge on any atom is -0.456 e. The standard InChI is InChI=1S/C11H20NO3/c1-6-12(14)8-7-11(4,5)15-10(13)9(2)3/h2,6-8H2,1,3-5H3/q+1. The molecule has 0 aromatic carbocycles. The van der Waals surface area contributed by atoms with Crippen LogP contribution >= 0.6 is 0 Å². The number of carbonyl (C=O) groups is 1. The van der Waals surface area contributed by atoms with Gasteiger partial charge in [-0.25, -0.2) is 4.79 Å². The fraction of sp³-hybridized carbons (Fsp3) is 0.727. The summed E-state index contributed by atoms with van der Waals surface area (Å²) >= 11 is 0. The minimum atomic E-state index is -0.617. The molecule has 0 unspecified atom stereocenters. The van der Waals surface area contributed by atoms with Crippen molar-refractivity contribution in [2.24, 2.45) is 0 Å². The Kier molecular flexibility index (Phi) is 5.19. The molecule has 0 amide bonds. The summed E-state index contributed by atoms with van der Waals surface area (Å²) in [5.74, 6) is -0.408. The zero-order valence-corrected chi connectivity index (χ0v) is 10.0. The molecule has 0 fully saturated rings. The third-order valence-electron chi connectivity index (χ3n) is 2.03. The number of hydrogen-bond donors (Lipinski definition) is 0. The normalized spacial score (nSPS) is 10.9. The van der Waals surface area contributed by atoms with Crippen LogP contribution in [0, 0.1) is 4.91 Å². The first kappa shape index (κ1) is 13.8. The quantitative estimate of drug-likeness (QED) is 0.386. The molecule has 4 heteroatoms. The van der Waals surface area contributed by atoms with E-state index in [2.05, 4.69) is 6.58 Å². The third-order valence-corrected chi connectivity index (χ3v) is 2.03. The first-order valence-corrected chi connectivity index (χ1v) is 5.09. The van der Waals surface area contributed by atoms with Crippen molar-refractivity contribution in [3.05, 3.63) is 17.1 Å². The van der Waals surface area contributed by atoms with Crippen molar-refractivity contribution in [3.63, 3.8) is 0 Å². The molecule has 4 nitrogen and oxygen atoms in total. The van der Waals surface area contributed by atoms with E-state index in [-0.39, 0.29) is 0 Å². The summed E-state index contributed by atoms with van der Waals surface area (Å²) in [5, 5.41) is 0. The Bertz CT molecular complexity index is 269. The van der Waals surface area contributed by atoms with Crippen LogP contribution in [0.4, 0.5) is 0 Å². The zero-order chi connectivity index (χ0) is 12.1. The van der Waals surface area contributed by atoms with Crippen LogP contribution in [-0.2, 0) is 9.53 Å². The molecule has 0 aliphatic carbocycles. The Labute approximate surface area is 90.9 Å². The molecule has 0 saturated heterocycles. The fourth-order valence-electron chi connectivity index (χ4n) is 0.941.